The third-order valence-electron chi connectivity index (χ3n) is 4.85. The first-order chi connectivity index (χ1) is 12.4. The number of β-amino-alcohol motifs (C(OH)–C–C–N with tert-alkyl or cyclic N) is 1. The number of amides is 1. The molecule has 2 aromatic carbocycles. The molecule has 0 saturated carbocycles. The van der Waals surface area contributed by atoms with Gasteiger partial charge in [-0.3, -0.25) is 9.59 Å². The molecule has 0 radical (unpaired) electrons. The van der Waals surface area contributed by atoms with E-state index in [0.29, 0.717) is 30.5 Å². The van der Waals surface area contributed by atoms with Gasteiger partial charge in [0.1, 0.15) is 0 Å². The number of anilines is 1. The van der Waals surface area contributed by atoms with Crippen molar-refractivity contribution >= 4 is 17.4 Å². The maximum atomic E-state index is 12.8. The summed E-state index contributed by atoms with van der Waals surface area (Å²) >= 11 is 0. The van der Waals surface area contributed by atoms with E-state index < -0.39 is 12.1 Å². The number of rotatable bonds is 5. The Kier molecular flexibility index (Phi) is 5.38. The molecule has 26 heavy (non-hydrogen) atoms. The number of carbonyl (C=O) groups is 2. The van der Waals surface area contributed by atoms with Crippen LogP contribution in [-0.4, -0.2) is 40.4 Å². The van der Waals surface area contributed by atoms with Crippen LogP contribution in [0.3, 0.4) is 0 Å². The lowest BCUT2D eigenvalue weighted by molar-refractivity contribution is -0.122. The Balaban J connectivity index is 1.68. The third-order valence-corrected chi connectivity index (χ3v) is 4.85. The third kappa shape index (κ3) is 4.11. The van der Waals surface area contributed by atoms with Gasteiger partial charge in [-0.05, 0) is 43.2 Å². The summed E-state index contributed by atoms with van der Waals surface area (Å²) in [6, 6.07) is 14.1. The van der Waals surface area contributed by atoms with Crippen molar-refractivity contribution in [3.63, 3.8) is 0 Å². The van der Waals surface area contributed by atoms with E-state index in [4.69, 9.17) is 5.73 Å². The molecule has 0 aliphatic carbocycles. The first-order valence-corrected chi connectivity index (χ1v) is 8.87. The summed E-state index contributed by atoms with van der Waals surface area (Å²) in [7, 11) is 0. The van der Waals surface area contributed by atoms with Gasteiger partial charge in [-0.15, -0.1) is 0 Å². The summed E-state index contributed by atoms with van der Waals surface area (Å²) in [4.78, 5) is 27.0. The van der Waals surface area contributed by atoms with Crippen LogP contribution in [0.25, 0.3) is 0 Å². The molecule has 1 heterocycles. The average molecular weight is 352 g/mol. The van der Waals surface area contributed by atoms with Crippen LogP contribution in [0.4, 0.5) is 5.69 Å². The second-order valence-electron chi connectivity index (χ2n) is 6.94. The number of ketones is 1. The molecule has 5 nitrogen and oxygen atoms in total. The minimum Gasteiger partial charge on any atom is -0.399 e. The summed E-state index contributed by atoms with van der Waals surface area (Å²) in [6.07, 6.45) is 0.621. The van der Waals surface area contributed by atoms with E-state index in [9.17, 15) is 14.7 Å². The Morgan fingerprint density at radius 2 is 1.77 bits per heavy atom. The van der Waals surface area contributed by atoms with Crippen molar-refractivity contribution < 1.29 is 14.7 Å². The topological polar surface area (TPSA) is 83.6 Å². The van der Waals surface area contributed by atoms with Gasteiger partial charge in [0.2, 0.25) is 0 Å². The number of aryl methyl sites for hydroxylation is 2. The van der Waals surface area contributed by atoms with Gasteiger partial charge in [0.05, 0.1) is 12.1 Å². The van der Waals surface area contributed by atoms with Gasteiger partial charge in [-0.25, -0.2) is 0 Å². The number of nitrogens with zero attached hydrogens (tertiary/aromatic N) is 1. The molecule has 3 N–H and O–H groups in total. The number of nitrogen functional groups attached to an aromatic ring is 1. The van der Waals surface area contributed by atoms with E-state index in [2.05, 4.69) is 0 Å². The van der Waals surface area contributed by atoms with E-state index in [-0.39, 0.29) is 18.2 Å². The van der Waals surface area contributed by atoms with Crippen molar-refractivity contribution in [3.05, 3.63) is 65.2 Å². The molecule has 2 aromatic rings. The first-order valence-electron chi connectivity index (χ1n) is 8.87. The Morgan fingerprint density at radius 3 is 2.42 bits per heavy atom. The molecule has 1 saturated heterocycles. The number of benzene rings is 2. The van der Waals surface area contributed by atoms with E-state index in [0.717, 1.165) is 5.56 Å². The maximum absolute atomic E-state index is 12.8. The molecule has 1 aliphatic rings. The molecule has 0 bridgehead atoms. The molecular weight excluding hydrogens is 328 g/mol. The molecule has 1 amide bonds. The van der Waals surface area contributed by atoms with E-state index in [1.165, 1.54) is 10.5 Å². The van der Waals surface area contributed by atoms with Gasteiger partial charge in [0.15, 0.2) is 5.78 Å². The van der Waals surface area contributed by atoms with Crippen LogP contribution in [0, 0.1) is 6.92 Å². The molecule has 5 heteroatoms. The SMILES string of the molecule is Cc1ccc(CCC(=O)[C@@H]2C[C@@H](O)CN2C(=O)c2ccc(N)cc2)cc1. The predicted octanol–water partition coefficient (Wildman–Crippen LogP) is 2.35. The van der Waals surface area contributed by atoms with Crippen LogP contribution in [-0.2, 0) is 11.2 Å². The number of nitrogens with two attached hydrogens (primary N) is 1. The van der Waals surface area contributed by atoms with E-state index >= 15 is 0 Å². The van der Waals surface area contributed by atoms with Crippen molar-refractivity contribution in [1.82, 2.24) is 4.90 Å². The van der Waals surface area contributed by atoms with E-state index in [1.54, 1.807) is 24.3 Å². The average Bonchev–Trinajstić information content (AvgIpc) is 3.03. The highest BCUT2D eigenvalue weighted by Gasteiger charge is 2.38. The summed E-state index contributed by atoms with van der Waals surface area (Å²) < 4.78 is 0. The molecule has 0 aromatic heterocycles. The van der Waals surface area contributed by atoms with Crippen molar-refractivity contribution in [1.29, 1.82) is 0 Å². The normalized spacial score (nSPS) is 19.5. The van der Waals surface area contributed by atoms with Crippen LogP contribution in [0.2, 0.25) is 0 Å². The molecule has 136 valence electrons. The monoisotopic (exact) mass is 352 g/mol. The highest BCUT2D eigenvalue weighted by molar-refractivity contribution is 5.98. The largest absolute Gasteiger partial charge is 0.399 e. The highest BCUT2D eigenvalue weighted by atomic mass is 16.3. The van der Waals surface area contributed by atoms with Gasteiger partial charge in [0, 0.05) is 30.6 Å². The van der Waals surface area contributed by atoms with Gasteiger partial charge >= 0.3 is 0 Å². The molecule has 0 unspecified atom stereocenters. The number of likely N-dealkylation sites (tertiary alicyclic amines) is 1. The van der Waals surface area contributed by atoms with Crippen molar-refractivity contribution in [2.75, 3.05) is 12.3 Å². The van der Waals surface area contributed by atoms with Crippen LogP contribution < -0.4 is 5.73 Å². The molecule has 3 rings (SSSR count). The highest BCUT2D eigenvalue weighted by Crippen LogP contribution is 2.23. The lowest BCUT2D eigenvalue weighted by Crippen LogP contribution is -2.40. The second kappa shape index (κ2) is 7.70. The van der Waals surface area contributed by atoms with Gasteiger partial charge in [0.25, 0.3) is 5.91 Å². The zero-order valence-electron chi connectivity index (χ0n) is 14.9. The zero-order chi connectivity index (χ0) is 18.7. The fraction of sp³-hybridized carbons (Fsp3) is 0.333. The zero-order valence-corrected chi connectivity index (χ0v) is 14.9. The second-order valence-corrected chi connectivity index (χ2v) is 6.94. The van der Waals surface area contributed by atoms with Crippen LogP contribution in [0.5, 0.6) is 0 Å². The fourth-order valence-corrected chi connectivity index (χ4v) is 3.32. The molecular formula is C21H24N2O3. The lowest BCUT2D eigenvalue weighted by Gasteiger charge is -2.23. The lowest BCUT2D eigenvalue weighted by atomic mass is 10.0. The number of aliphatic hydroxyl groups is 1. The van der Waals surface area contributed by atoms with Gasteiger partial charge in [-0.1, -0.05) is 29.8 Å². The molecule has 2 atom stereocenters. The number of carbonyl (C=O) groups excluding carboxylic acids is 2. The Morgan fingerprint density at radius 1 is 1.12 bits per heavy atom. The van der Waals surface area contributed by atoms with Crippen molar-refractivity contribution in [3.8, 4) is 0 Å². The number of hydrogen-bond donors (Lipinski definition) is 2. The van der Waals surface area contributed by atoms with Gasteiger partial charge in [-0.2, -0.15) is 0 Å². The number of aliphatic hydroxyl groups excluding tert-OH is 1. The molecule has 0 spiro atoms. The summed E-state index contributed by atoms with van der Waals surface area (Å²) in [5.41, 5.74) is 8.99. The van der Waals surface area contributed by atoms with E-state index in [1.807, 2.05) is 31.2 Å². The fourth-order valence-electron chi connectivity index (χ4n) is 3.32. The molecule has 1 fully saturated rings. The Hall–Kier alpha value is -2.66. The summed E-state index contributed by atoms with van der Waals surface area (Å²) in [6.45, 7) is 2.21. The van der Waals surface area contributed by atoms with Crippen LogP contribution in [0.1, 0.15) is 34.3 Å². The predicted molar refractivity (Wildman–Crippen MR) is 101 cm³/mol. The minimum atomic E-state index is -0.666. The smallest absolute Gasteiger partial charge is 0.254 e. The minimum absolute atomic E-state index is 0.00841. The molecule has 1 aliphatic heterocycles. The quantitative estimate of drug-likeness (QED) is 0.809. The van der Waals surface area contributed by atoms with Crippen molar-refractivity contribution in [2.45, 2.75) is 38.3 Å². The maximum Gasteiger partial charge on any atom is 0.254 e. The Labute approximate surface area is 153 Å². The van der Waals surface area contributed by atoms with Crippen LogP contribution >= 0.6 is 0 Å². The van der Waals surface area contributed by atoms with Gasteiger partial charge < -0.3 is 15.7 Å². The number of Topliss-reactive ketones (excluding diaryl/α,β-unsaturated/α-hetero) is 1. The summed E-state index contributed by atoms with van der Waals surface area (Å²) in [5, 5.41) is 10.0. The Bertz CT molecular complexity index is 784. The van der Waals surface area contributed by atoms with Crippen molar-refractivity contribution in [2.24, 2.45) is 0 Å². The summed E-state index contributed by atoms with van der Waals surface area (Å²) in [5.74, 6) is -0.249. The van der Waals surface area contributed by atoms with Crippen LogP contribution in [0.15, 0.2) is 48.5 Å². The standard InChI is InChI=1S/C21H24N2O3/c1-14-2-4-15(5-3-14)6-11-20(25)19-12-18(24)13-23(19)21(26)16-7-9-17(22)10-8-16/h2-5,7-10,18-19,24H,6,11-13,22H2,1H3/t18-,19+/m1/s1. The number of hydrogen-bond acceptors (Lipinski definition) is 4. The first kappa shape index (κ1) is 18.1.